The van der Waals surface area contributed by atoms with Crippen molar-refractivity contribution in [3.8, 4) is 11.5 Å². The third-order valence-corrected chi connectivity index (χ3v) is 3.83. The van der Waals surface area contributed by atoms with Crippen LogP contribution in [0.25, 0.3) is 0 Å². The second kappa shape index (κ2) is 6.55. The summed E-state index contributed by atoms with van der Waals surface area (Å²) in [6.45, 7) is 2.30. The van der Waals surface area contributed by atoms with Crippen molar-refractivity contribution in [1.29, 1.82) is 0 Å². The van der Waals surface area contributed by atoms with Crippen molar-refractivity contribution in [3.05, 3.63) is 39.8 Å². The molecule has 1 aromatic heterocycles. The predicted molar refractivity (Wildman–Crippen MR) is 80.1 cm³/mol. The van der Waals surface area contributed by atoms with Crippen molar-refractivity contribution in [2.24, 2.45) is 5.73 Å². The monoisotopic (exact) mass is 307 g/mol. The Labute approximate surface area is 126 Å². The number of rotatable bonds is 5. The molecule has 0 aliphatic carbocycles. The first-order valence-electron chi connectivity index (χ1n) is 6.41. The van der Waals surface area contributed by atoms with E-state index in [4.69, 9.17) is 5.73 Å². The molecule has 2 rings (SSSR count). The van der Waals surface area contributed by atoms with Crippen molar-refractivity contribution in [2.75, 3.05) is 0 Å². The summed E-state index contributed by atoms with van der Waals surface area (Å²) in [5, 5.41) is 22.2. The highest BCUT2D eigenvalue weighted by molar-refractivity contribution is 7.11. The van der Waals surface area contributed by atoms with Gasteiger partial charge in [-0.1, -0.05) is 6.07 Å². The fraction of sp³-hybridized carbons (Fsp3) is 0.286. The maximum absolute atomic E-state index is 11.9. The standard InChI is InChI=1S/C14H17N3O3S/c1-8-6-16-13(21-8)7-17-14(20)10(15)4-9-2-3-11(18)12(19)5-9/h2-3,5-6,10,18-19H,4,7,15H2,1H3,(H,17,20)/t10-/m0/s1. The first-order valence-corrected chi connectivity index (χ1v) is 7.23. The molecule has 5 N–H and O–H groups in total. The average molecular weight is 307 g/mol. The summed E-state index contributed by atoms with van der Waals surface area (Å²) in [6.07, 6.45) is 2.03. The molecule has 0 aliphatic heterocycles. The number of hydrogen-bond donors (Lipinski definition) is 4. The molecule has 2 aromatic rings. The van der Waals surface area contributed by atoms with Crippen LogP contribution in [0.3, 0.4) is 0 Å². The SMILES string of the molecule is Cc1cnc(CNC(=O)[C@@H](N)Cc2ccc(O)c(O)c2)s1. The highest BCUT2D eigenvalue weighted by atomic mass is 32.1. The van der Waals surface area contributed by atoms with E-state index < -0.39 is 6.04 Å². The van der Waals surface area contributed by atoms with Crippen LogP contribution in [0.5, 0.6) is 11.5 Å². The summed E-state index contributed by atoms with van der Waals surface area (Å²) >= 11 is 1.52. The third-order valence-electron chi connectivity index (χ3n) is 2.92. The number of amides is 1. The number of nitrogens with one attached hydrogen (secondary N) is 1. The summed E-state index contributed by atoms with van der Waals surface area (Å²) in [5.74, 6) is -0.704. The maximum atomic E-state index is 11.9. The molecule has 0 unspecified atom stereocenters. The van der Waals surface area contributed by atoms with Crippen molar-refractivity contribution >= 4 is 17.2 Å². The first kappa shape index (κ1) is 15.3. The molecule has 0 bridgehead atoms. The summed E-state index contributed by atoms with van der Waals surface area (Å²) in [6, 6.07) is 3.65. The van der Waals surface area contributed by atoms with E-state index in [1.165, 1.54) is 23.5 Å². The molecule has 1 amide bonds. The molecule has 0 radical (unpaired) electrons. The van der Waals surface area contributed by atoms with Crippen molar-refractivity contribution in [1.82, 2.24) is 10.3 Å². The van der Waals surface area contributed by atoms with Gasteiger partial charge in [0.1, 0.15) is 5.01 Å². The number of nitrogens with two attached hydrogens (primary N) is 1. The lowest BCUT2D eigenvalue weighted by Crippen LogP contribution is -2.41. The third kappa shape index (κ3) is 4.17. The van der Waals surface area contributed by atoms with E-state index in [-0.39, 0.29) is 23.8 Å². The molecular weight excluding hydrogens is 290 g/mol. The van der Waals surface area contributed by atoms with Crippen LogP contribution in [0, 0.1) is 6.92 Å². The number of carbonyl (C=O) groups excluding carboxylic acids is 1. The van der Waals surface area contributed by atoms with Crippen LogP contribution < -0.4 is 11.1 Å². The second-order valence-electron chi connectivity index (χ2n) is 4.72. The van der Waals surface area contributed by atoms with Gasteiger partial charge in [0.2, 0.25) is 5.91 Å². The molecular formula is C14H17N3O3S. The number of aromatic hydroxyl groups is 2. The highest BCUT2D eigenvalue weighted by Crippen LogP contribution is 2.25. The minimum atomic E-state index is -0.727. The van der Waals surface area contributed by atoms with Gasteiger partial charge >= 0.3 is 0 Å². The zero-order valence-electron chi connectivity index (χ0n) is 11.5. The van der Waals surface area contributed by atoms with Gasteiger partial charge in [-0.25, -0.2) is 4.98 Å². The molecule has 1 atom stereocenters. The lowest BCUT2D eigenvalue weighted by Gasteiger charge is -2.12. The van der Waals surface area contributed by atoms with E-state index >= 15 is 0 Å². The predicted octanol–water partition coefficient (Wildman–Crippen LogP) is 1.05. The minimum Gasteiger partial charge on any atom is -0.504 e. The molecule has 0 fully saturated rings. The lowest BCUT2D eigenvalue weighted by atomic mass is 10.1. The molecule has 0 saturated carbocycles. The lowest BCUT2D eigenvalue weighted by molar-refractivity contribution is -0.122. The summed E-state index contributed by atoms with van der Waals surface area (Å²) in [7, 11) is 0. The number of carbonyl (C=O) groups is 1. The van der Waals surface area contributed by atoms with E-state index in [1.807, 2.05) is 6.92 Å². The molecule has 0 saturated heterocycles. The molecule has 0 aliphatic rings. The zero-order valence-corrected chi connectivity index (χ0v) is 12.4. The van der Waals surface area contributed by atoms with Gasteiger partial charge in [-0.05, 0) is 31.0 Å². The minimum absolute atomic E-state index is 0.198. The van der Waals surface area contributed by atoms with Gasteiger partial charge in [0.05, 0.1) is 12.6 Å². The normalized spacial score (nSPS) is 12.1. The molecule has 1 aromatic carbocycles. The number of nitrogens with zero attached hydrogens (tertiary/aromatic N) is 1. The Hall–Kier alpha value is -2.12. The number of aryl methyl sites for hydroxylation is 1. The van der Waals surface area contributed by atoms with Gasteiger partial charge in [-0.15, -0.1) is 11.3 Å². The van der Waals surface area contributed by atoms with Crippen LogP contribution >= 0.6 is 11.3 Å². The fourth-order valence-corrected chi connectivity index (χ4v) is 2.55. The highest BCUT2D eigenvalue weighted by Gasteiger charge is 2.15. The second-order valence-corrected chi connectivity index (χ2v) is 6.04. The zero-order chi connectivity index (χ0) is 15.4. The van der Waals surface area contributed by atoms with Gasteiger partial charge < -0.3 is 21.3 Å². The Morgan fingerprint density at radius 1 is 1.43 bits per heavy atom. The molecule has 6 nitrogen and oxygen atoms in total. The average Bonchev–Trinajstić information content (AvgIpc) is 2.86. The number of benzene rings is 1. The van der Waals surface area contributed by atoms with Crippen LogP contribution in [0.15, 0.2) is 24.4 Å². The largest absolute Gasteiger partial charge is 0.504 e. The number of thiazole rings is 1. The molecule has 112 valence electrons. The Kier molecular flexibility index (Phi) is 4.77. The fourth-order valence-electron chi connectivity index (χ4n) is 1.82. The van der Waals surface area contributed by atoms with Crippen LogP contribution in [-0.4, -0.2) is 27.1 Å². The topological polar surface area (TPSA) is 108 Å². The van der Waals surface area contributed by atoms with Crippen molar-refractivity contribution in [3.63, 3.8) is 0 Å². The summed E-state index contributed by atoms with van der Waals surface area (Å²) in [5.41, 5.74) is 6.51. The molecule has 0 spiro atoms. The van der Waals surface area contributed by atoms with Gasteiger partial charge in [0, 0.05) is 11.1 Å². The van der Waals surface area contributed by atoms with Gasteiger partial charge in [-0.2, -0.15) is 0 Å². The van der Waals surface area contributed by atoms with Crippen LogP contribution in [0.2, 0.25) is 0 Å². The Balaban J connectivity index is 1.88. The molecule has 1 heterocycles. The van der Waals surface area contributed by atoms with Crippen LogP contribution in [0.4, 0.5) is 0 Å². The summed E-state index contributed by atoms with van der Waals surface area (Å²) < 4.78 is 0. The van der Waals surface area contributed by atoms with Crippen LogP contribution in [0.1, 0.15) is 15.4 Å². The Morgan fingerprint density at radius 3 is 2.81 bits per heavy atom. The Bertz CT molecular complexity index is 642. The van der Waals surface area contributed by atoms with Gasteiger partial charge in [-0.3, -0.25) is 4.79 Å². The first-order chi connectivity index (χ1) is 9.95. The van der Waals surface area contributed by atoms with E-state index in [2.05, 4.69) is 10.3 Å². The van der Waals surface area contributed by atoms with Crippen LogP contribution in [-0.2, 0) is 17.8 Å². The Morgan fingerprint density at radius 2 is 2.19 bits per heavy atom. The van der Waals surface area contributed by atoms with E-state index in [1.54, 1.807) is 12.3 Å². The molecule has 21 heavy (non-hydrogen) atoms. The van der Waals surface area contributed by atoms with E-state index in [9.17, 15) is 15.0 Å². The smallest absolute Gasteiger partial charge is 0.237 e. The number of aromatic nitrogens is 1. The number of phenols is 2. The van der Waals surface area contributed by atoms with E-state index in [0.717, 1.165) is 9.88 Å². The van der Waals surface area contributed by atoms with Gasteiger partial charge in [0.25, 0.3) is 0 Å². The van der Waals surface area contributed by atoms with E-state index in [0.29, 0.717) is 12.1 Å². The number of hydrogen-bond acceptors (Lipinski definition) is 6. The quantitative estimate of drug-likeness (QED) is 0.617. The van der Waals surface area contributed by atoms with Gasteiger partial charge in [0.15, 0.2) is 11.5 Å². The molecule has 7 heteroatoms. The summed E-state index contributed by atoms with van der Waals surface area (Å²) in [4.78, 5) is 17.1. The maximum Gasteiger partial charge on any atom is 0.237 e. The number of phenolic OH excluding ortho intramolecular Hbond substituents is 2. The van der Waals surface area contributed by atoms with Crippen molar-refractivity contribution in [2.45, 2.75) is 25.9 Å². The van der Waals surface area contributed by atoms with Crippen molar-refractivity contribution < 1.29 is 15.0 Å².